The minimum atomic E-state index is -1.40. The summed E-state index contributed by atoms with van der Waals surface area (Å²) in [5.74, 6) is -2.04. The van der Waals surface area contributed by atoms with E-state index < -0.39 is 141 Å². The molecule has 0 aromatic heterocycles. The highest BCUT2D eigenvalue weighted by Crippen LogP contribution is 2.26. The lowest BCUT2D eigenvalue weighted by molar-refractivity contribution is -0.270. The lowest BCUT2D eigenvalue weighted by Gasteiger charge is -2.42. The van der Waals surface area contributed by atoms with E-state index in [0.717, 1.165) is 96.3 Å². The maximum Gasteiger partial charge on any atom is 0.253 e. The fourth-order valence-electron chi connectivity index (χ4n) is 12.2. The molecule has 0 saturated carbocycles. The monoisotopic (exact) mass is 1410 g/mol. The Bertz CT molecular complexity index is 2220. The molecule has 0 radical (unpaired) electrons. The molecule has 3 saturated heterocycles. The van der Waals surface area contributed by atoms with Crippen LogP contribution in [-0.2, 0) is 66.7 Å². The first-order valence-corrected chi connectivity index (χ1v) is 35.9. The number of amides is 7. The van der Waals surface area contributed by atoms with Gasteiger partial charge >= 0.3 is 0 Å². The Morgan fingerprint density at radius 1 is 0.398 bits per heavy atom. The quantitative estimate of drug-likeness (QED) is 0.0335. The molecule has 0 aromatic carbocycles. The zero-order chi connectivity index (χ0) is 72.2. The normalized spacial score (nSPS) is 25.8. The summed E-state index contributed by atoms with van der Waals surface area (Å²) < 4.78 is 39.4. The van der Waals surface area contributed by atoms with Crippen LogP contribution in [0.25, 0.3) is 0 Å². The number of aliphatic hydroxyl groups excluding tert-OH is 10. The number of hydrogen-bond acceptors (Lipinski definition) is 24. The van der Waals surface area contributed by atoms with Crippen molar-refractivity contribution >= 4 is 41.4 Å². The van der Waals surface area contributed by atoms with Crippen LogP contribution in [0.3, 0.4) is 0 Å². The van der Waals surface area contributed by atoms with Gasteiger partial charge < -0.3 is 121 Å². The summed E-state index contributed by atoms with van der Waals surface area (Å²) in [5, 5.41) is 115. The molecule has 7 amide bonds. The van der Waals surface area contributed by atoms with E-state index in [2.05, 4.69) is 26.6 Å². The fourth-order valence-corrected chi connectivity index (χ4v) is 12.2. The summed E-state index contributed by atoms with van der Waals surface area (Å²) in [6.45, 7) is 4.74. The minimum Gasteiger partial charge on any atom is -0.394 e. The number of nitrogens with one attached hydrogen (secondary N) is 5. The molecular weight excluding hydrogens is 1290 g/mol. The SMILES string of the molecule is COCC(O)C(=O)N(CCCNC(=O)CCCCCCCCCO[C@@H]1OC(CO)[C@H](O)C(O)C1NC(C)=O)CCCN(CCCNC(=O)CCCCCCCCCO[C@@H]1OC(CO)[C@H](O)C(O)C1NC(C)=O)C(=O)CCCCCCCCCO[C@@H]1OC(CO)[C@H](O)C(O)C1NC(C)=O. The smallest absolute Gasteiger partial charge is 0.253 e. The lowest BCUT2D eigenvalue weighted by atomic mass is 9.97. The van der Waals surface area contributed by atoms with Gasteiger partial charge in [0.2, 0.25) is 35.4 Å². The predicted octanol–water partition coefficient (Wildman–Crippen LogP) is -0.703. The van der Waals surface area contributed by atoms with Crippen molar-refractivity contribution in [1.29, 1.82) is 0 Å². The van der Waals surface area contributed by atoms with Gasteiger partial charge in [0.25, 0.3) is 5.91 Å². The molecule has 0 aliphatic carbocycles. The second kappa shape index (κ2) is 51.7. The molecule has 570 valence electrons. The third-order valence-corrected chi connectivity index (χ3v) is 17.7. The average molecular weight is 1410 g/mol. The Kier molecular flexibility index (Phi) is 46.3. The minimum absolute atomic E-state index is 0.0501. The van der Waals surface area contributed by atoms with Gasteiger partial charge in [-0.2, -0.15) is 0 Å². The van der Waals surface area contributed by atoms with E-state index in [9.17, 15) is 84.6 Å². The highest BCUT2D eigenvalue weighted by Gasteiger charge is 2.48. The van der Waals surface area contributed by atoms with Crippen molar-refractivity contribution in [3.05, 3.63) is 0 Å². The first-order chi connectivity index (χ1) is 47.1. The summed E-state index contributed by atoms with van der Waals surface area (Å²) in [6.07, 6.45) is 3.90. The van der Waals surface area contributed by atoms with Crippen molar-refractivity contribution in [1.82, 2.24) is 36.4 Å². The van der Waals surface area contributed by atoms with Gasteiger partial charge in [0.15, 0.2) is 25.0 Å². The molecule has 3 aliphatic heterocycles. The molecule has 31 heteroatoms. The largest absolute Gasteiger partial charge is 0.394 e. The van der Waals surface area contributed by atoms with Crippen LogP contribution < -0.4 is 26.6 Å². The maximum absolute atomic E-state index is 13.9. The van der Waals surface area contributed by atoms with Gasteiger partial charge in [-0.05, 0) is 57.8 Å². The maximum atomic E-state index is 13.9. The predicted molar refractivity (Wildman–Crippen MR) is 356 cm³/mol. The Labute approximate surface area is 578 Å². The molecule has 3 aliphatic rings. The van der Waals surface area contributed by atoms with Crippen LogP contribution in [0.1, 0.15) is 194 Å². The Hall–Kier alpha value is -4.39. The van der Waals surface area contributed by atoms with Crippen LogP contribution in [-0.4, -0.2) is 293 Å². The number of unbranched alkanes of at least 4 members (excludes halogenated alkanes) is 18. The first-order valence-electron chi connectivity index (χ1n) is 35.9. The molecule has 31 nitrogen and oxygen atoms in total. The van der Waals surface area contributed by atoms with Crippen molar-refractivity contribution in [3.63, 3.8) is 0 Å². The first kappa shape index (κ1) is 87.8. The summed E-state index contributed by atoms with van der Waals surface area (Å²) in [7, 11) is 1.39. The van der Waals surface area contributed by atoms with Crippen molar-refractivity contribution in [3.8, 4) is 0 Å². The van der Waals surface area contributed by atoms with E-state index in [-0.39, 0.29) is 57.2 Å². The molecule has 3 fully saturated rings. The number of rotatable bonds is 54. The van der Waals surface area contributed by atoms with Crippen LogP contribution in [0.4, 0.5) is 0 Å². The van der Waals surface area contributed by atoms with E-state index in [4.69, 9.17) is 33.2 Å². The van der Waals surface area contributed by atoms with Crippen LogP contribution >= 0.6 is 0 Å². The summed E-state index contributed by atoms with van der Waals surface area (Å²) in [6, 6.07) is -2.98. The number of aliphatic hydroxyl groups is 10. The van der Waals surface area contributed by atoms with Crippen LogP contribution in [0.15, 0.2) is 0 Å². The van der Waals surface area contributed by atoms with E-state index in [1.54, 1.807) is 4.90 Å². The highest BCUT2D eigenvalue weighted by molar-refractivity contribution is 5.81. The van der Waals surface area contributed by atoms with Gasteiger partial charge in [-0.1, -0.05) is 96.3 Å². The van der Waals surface area contributed by atoms with Gasteiger partial charge in [-0.15, -0.1) is 0 Å². The van der Waals surface area contributed by atoms with Crippen LogP contribution in [0.2, 0.25) is 0 Å². The molecule has 0 bridgehead atoms. The lowest BCUT2D eigenvalue weighted by Crippen LogP contribution is -2.64. The number of carbonyl (C=O) groups excluding carboxylic acids is 7. The van der Waals surface area contributed by atoms with Gasteiger partial charge in [0, 0.05) is 106 Å². The second-order valence-corrected chi connectivity index (χ2v) is 26.0. The highest BCUT2D eigenvalue weighted by atomic mass is 16.7. The molecule has 0 spiro atoms. The molecule has 98 heavy (non-hydrogen) atoms. The van der Waals surface area contributed by atoms with Crippen LogP contribution in [0.5, 0.6) is 0 Å². The third kappa shape index (κ3) is 34.5. The standard InChI is InChI=1S/C67H123N7O24/c1-45(78)70-55-61(88)58(85)49(41-75)96-65(55)93-38-23-17-11-5-8-14-20-29-52(82)68-32-26-34-73(54(84)31-22-16-10-7-13-19-25-40-95-67-57(72-47(3)80)63(90)60(87)51(43-77)98-67)36-28-37-74(64(91)48(81)44-92-4)35-27-33-69-53(83)30-21-15-9-6-12-18-24-39-94-66-56(71-46(2)79)62(89)59(86)50(42-76)97-66/h48-51,55-63,65-67,75-77,81,85-90H,5-44H2,1-4H3,(H,68,82)(H,69,83)(H,70,78)(H,71,79)(H,72,80)/t48?,49?,50?,51?,55?,56?,57?,58-,59-,60-,61?,62?,63?,65+,66+,67+/m0/s1. The van der Waals surface area contributed by atoms with E-state index in [0.29, 0.717) is 103 Å². The molecule has 10 unspecified atom stereocenters. The Morgan fingerprint density at radius 3 is 1.02 bits per heavy atom. The molecule has 3 rings (SSSR count). The molecule has 3 heterocycles. The zero-order valence-corrected chi connectivity index (χ0v) is 58.6. The fraction of sp³-hybridized carbons (Fsp3) is 0.896. The van der Waals surface area contributed by atoms with Crippen molar-refractivity contribution < 1.29 is 118 Å². The van der Waals surface area contributed by atoms with Crippen LogP contribution in [0, 0.1) is 0 Å². The van der Waals surface area contributed by atoms with E-state index in [1.807, 2.05) is 0 Å². The Morgan fingerprint density at radius 2 is 0.694 bits per heavy atom. The number of hydrogen-bond donors (Lipinski definition) is 15. The number of nitrogens with zero attached hydrogens (tertiary/aromatic N) is 2. The second-order valence-electron chi connectivity index (χ2n) is 26.0. The zero-order valence-electron chi connectivity index (χ0n) is 58.6. The summed E-state index contributed by atoms with van der Waals surface area (Å²) >= 11 is 0. The number of methoxy groups -OCH3 is 1. The molecule has 16 atom stereocenters. The van der Waals surface area contributed by atoms with Crippen molar-refractivity contribution in [2.75, 3.05) is 92.6 Å². The van der Waals surface area contributed by atoms with Crippen molar-refractivity contribution in [2.45, 2.75) is 292 Å². The van der Waals surface area contributed by atoms with Gasteiger partial charge in [0.1, 0.15) is 73.1 Å². The van der Waals surface area contributed by atoms with Crippen molar-refractivity contribution in [2.24, 2.45) is 0 Å². The third-order valence-electron chi connectivity index (χ3n) is 17.7. The summed E-state index contributed by atoms with van der Waals surface area (Å²) in [5.41, 5.74) is 0. The Balaban J connectivity index is 1.41. The molecule has 0 aromatic rings. The summed E-state index contributed by atoms with van der Waals surface area (Å²) in [4.78, 5) is 91.5. The molecule has 15 N–H and O–H groups in total. The number of ether oxygens (including phenoxy) is 7. The van der Waals surface area contributed by atoms with E-state index in [1.165, 1.54) is 32.8 Å². The average Bonchev–Trinajstić information content (AvgIpc) is 0.825. The van der Waals surface area contributed by atoms with Gasteiger partial charge in [0.05, 0.1) is 26.4 Å². The molecular formula is C67H123N7O24. The number of carbonyl (C=O) groups is 7. The van der Waals surface area contributed by atoms with Gasteiger partial charge in [-0.3, -0.25) is 33.6 Å². The van der Waals surface area contributed by atoms with E-state index >= 15 is 0 Å². The topological polar surface area (TPSA) is 453 Å². The van der Waals surface area contributed by atoms with Gasteiger partial charge in [-0.25, -0.2) is 0 Å².